The number of aromatic nitrogens is 3. The highest BCUT2D eigenvalue weighted by Gasteiger charge is 2.20. The van der Waals surface area contributed by atoms with E-state index in [0.717, 1.165) is 27.4 Å². The highest BCUT2D eigenvalue weighted by atomic mass is 32.2. The molecule has 0 spiro atoms. The molecule has 3 aromatic carbocycles. The van der Waals surface area contributed by atoms with Crippen molar-refractivity contribution in [3.8, 4) is 11.6 Å². The fraction of sp³-hybridized carbons (Fsp3) is 0.160. The third-order valence-electron chi connectivity index (χ3n) is 5.22. The summed E-state index contributed by atoms with van der Waals surface area (Å²) in [6.45, 7) is 4.13. The van der Waals surface area contributed by atoms with E-state index in [-0.39, 0.29) is 17.7 Å². The van der Waals surface area contributed by atoms with Gasteiger partial charge in [0.2, 0.25) is 11.7 Å². The Bertz CT molecular complexity index is 1380. The molecule has 0 saturated heterocycles. The molecule has 32 heavy (non-hydrogen) atoms. The Morgan fingerprint density at radius 2 is 1.75 bits per heavy atom. The van der Waals surface area contributed by atoms with Crippen molar-refractivity contribution in [2.45, 2.75) is 25.0 Å². The molecule has 1 amide bonds. The van der Waals surface area contributed by atoms with E-state index in [2.05, 4.69) is 29.4 Å². The van der Waals surface area contributed by atoms with Gasteiger partial charge >= 0.3 is 0 Å². The van der Waals surface area contributed by atoms with Crippen LogP contribution in [-0.4, -0.2) is 26.4 Å². The van der Waals surface area contributed by atoms with Gasteiger partial charge < -0.3 is 9.73 Å². The first-order chi connectivity index (χ1) is 15.6. The van der Waals surface area contributed by atoms with Crippen LogP contribution < -0.4 is 5.32 Å². The maximum absolute atomic E-state index is 12.7. The Balaban J connectivity index is 1.36. The van der Waals surface area contributed by atoms with Crippen LogP contribution in [0, 0.1) is 0 Å². The van der Waals surface area contributed by atoms with Gasteiger partial charge in [0.25, 0.3) is 0 Å². The number of furan rings is 1. The summed E-state index contributed by atoms with van der Waals surface area (Å²) in [6.07, 6.45) is 0. The number of rotatable bonds is 6. The van der Waals surface area contributed by atoms with Crippen molar-refractivity contribution < 1.29 is 9.21 Å². The third kappa shape index (κ3) is 3.87. The molecular formula is C25H22N4O2S. The largest absolute Gasteiger partial charge is 0.453 e. The van der Waals surface area contributed by atoms with E-state index in [1.54, 1.807) is 0 Å². The molecule has 5 rings (SSSR count). The molecule has 0 atom stereocenters. The van der Waals surface area contributed by atoms with Crippen molar-refractivity contribution in [3.63, 3.8) is 0 Å². The van der Waals surface area contributed by atoms with Crippen molar-refractivity contribution in [2.24, 2.45) is 0 Å². The number of hydrogen-bond donors (Lipinski definition) is 1. The van der Waals surface area contributed by atoms with E-state index < -0.39 is 0 Å². The Morgan fingerprint density at radius 3 is 2.56 bits per heavy atom. The van der Waals surface area contributed by atoms with Gasteiger partial charge in [-0.3, -0.25) is 9.36 Å². The Kier molecular flexibility index (Phi) is 5.41. The van der Waals surface area contributed by atoms with Gasteiger partial charge in [-0.1, -0.05) is 66.4 Å². The van der Waals surface area contributed by atoms with E-state index in [4.69, 9.17) is 4.42 Å². The van der Waals surface area contributed by atoms with Crippen molar-refractivity contribution in [1.82, 2.24) is 14.8 Å². The van der Waals surface area contributed by atoms with Crippen molar-refractivity contribution in [3.05, 3.63) is 72.8 Å². The predicted octanol–water partition coefficient (Wildman–Crippen LogP) is 6.16. The first-order valence-corrected chi connectivity index (χ1v) is 11.4. The number of carbonyl (C=O) groups is 1. The summed E-state index contributed by atoms with van der Waals surface area (Å²) >= 11 is 1.37. The average molecular weight is 443 g/mol. The molecule has 0 radical (unpaired) electrons. The number of anilines is 1. The summed E-state index contributed by atoms with van der Waals surface area (Å²) in [5, 5.41) is 15.6. The maximum Gasteiger partial charge on any atom is 0.234 e. The minimum absolute atomic E-state index is 0.0880. The Morgan fingerprint density at radius 1 is 1.00 bits per heavy atom. The van der Waals surface area contributed by atoms with Gasteiger partial charge in [0.05, 0.1) is 5.75 Å². The Labute approximate surface area is 189 Å². The highest BCUT2D eigenvalue weighted by molar-refractivity contribution is 7.99. The van der Waals surface area contributed by atoms with Crippen LogP contribution in [0.5, 0.6) is 0 Å². The average Bonchev–Trinajstić information content (AvgIpc) is 3.42. The minimum atomic E-state index is -0.0880. The highest BCUT2D eigenvalue weighted by Crippen LogP contribution is 2.31. The third-order valence-corrected chi connectivity index (χ3v) is 6.17. The molecule has 7 heteroatoms. The van der Waals surface area contributed by atoms with E-state index in [1.807, 2.05) is 77.4 Å². The SMILES string of the molecule is CC(C)n1c(SCC(=O)Nc2cccc3ccccc23)nnc1-c1cc2ccccc2o1. The molecule has 0 aliphatic heterocycles. The number of amides is 1. The molecule has 0 unspecified atom stereocenters. The van der Waals surface area contributed by atoms with Crippen LogP contribution in [0.1, 0.15) is 19.9 Å². The lowest BCUT2D eigenvalue weighted by molar-refractivity contribution is -0.113. The number of thioether (sulfide) groups is 1. The second kappa shape index (κ2) is 8.51. The first-order valence-electron chi connectivity index (χ1n) is 10.4. The van der Waals surface area contributed by atoms with Gasteiger partial charge in [-0.25, -0.2) is 0 Å². The van der Waals surface area contributed by atoms with Crippen LogP contribution in [0.15, 0.2) is 82.4 Å². The van der Waals surface area contributed by atoms with E-state index in [9.17, 15) is 4.79 Å². The fourth-order valence-corrected chi connectivity index (χ4v) is 4.62. The van der Waals surface area contributed by atoms with Crippen LogP contribution in [0.25, 0.3) is 33.3 Å². The van der Waals surface area contributed by atoms with Crippen molar-refractivity contribution in [1.29, 1.82) is 0 Å². The van der Waals surface area contributed by atoms with Gasteiger partial charge in [-0.05, 0) is 37.4 Å². The lowest BCUT2D eigenvalue weighted by Crippen LogP contribution is -2.15. The van der Waals surface area contributed by atoms with Gasteiger partial charge in [0.1, 0.15) is 5.58 Å². The number of carbonyl (C=O) groups excluding carboxylic acids is 1. The number of nitrogens with one attached hydrogen (secondary N) is 1. The maximum atomic E-state index is 12.7. The van der Waals surface area contributed by atoms with Gasteiger partial charge in [-0.2, -0.15) is 0 Å². The normalized spacial score (nSPS) is 11.5. The molecular weight excluding hydrogens is 420 g/mol. The zero-order valence-electron chi connectivity index (χ0n) is 17.8. The zero-order valence-corrected chi connectivity index (χ0v) is 18.6. The Hall–Kier alpha value is -3.58. The lowest BCUT2D eigenvalue weighted by Gasteiger charge is -2.13. The monoisotopic (exact) mass is 442 g/mol. The van der Waals surface area contributed by atoms with Crippen LogP contribution in [0.3, 0.4) is 0 Å². The number of hydrogen-bond acceptors (Lipinski definition) is 5. The minimum Gasteiger partial charge on any atom is -0.453 e. The molecule has 0 fully saturated rings. The fourth-order valence-electron chi connectivity index (χ4n) is 3.75. The first kappa shape index (κ1) is 20.3. The molecule has 2 heterocycles. The van der Waals surface area contributed by atoms with E-state index in [0.29, 0.717) is 16.7 Å². The summed E-state index contributed by atoms with van der Waals surface area (Å²) in [5.74, 6) is 1.47. The molecule has 1 N–H and O–H groups in total. The van der Waals surface area contributed by atoms with Crippen LogP contribution in [-0.2, 0) is 4.79 Å². The van der Waals surface area contributed by atoms with Gasteiger partial charge in [0, 0.05) is 22.5 Å². The van der Waals surface area contributed by atoms with Crippen LogP contribution >= 0.6 is 11.8 Å². The molecule has 0 aliphatic carbocycles. The summed E-state index contributed by atoms with van der Waals surface area (Å²) in [5.41, 5.74) is 1.62. The molecule has 6 nitrogen and oxygen atoms in total. The van der Waals surface area contributed by atoms with E-state index >= 15 is 0 Å². The molecule has 0 bridgehead atoms. The van der Waals surface area contributed by atoms with E-state index in [1.165, 1.54) is 11.8 Å². The van der Waals surface area contributed by atoms with Gasteiger partial charge in [-0.15, -0.1) is 10.2 Å². The number of nitrogens with zero attached hydrogens (tertiary/aromatic N) is 3. The summed E-state index contributed by atoms with van der Waals surface area (Å²) in [7, 11) is 0. The molecule has 2 aromatic heterocycles. The van der Waals surface area contributed by atoms with Gasteiger partial charge in [0.15, 0.2) is 10.9 Å². The number of fused-ring (bicyclic) bond motifs is 2. The summed E-state index contributed by atoms with van der Waals surface area (Å²) in [6, 6.07) is 23.8. The molecule has 5 aromatic rings. The molecule has 0 saturated carbocycles. The second-order valence-corrected chi connectivity index (χ2v) is 8.72. The standard InChI is InChI=1S/C25H22N4O2S/c1-16(2)29-24(22-14-18-9-4-6-13-21(18)31-22)27-28-25(29)32-15-23(30)26-20-12-7-10-17-8-3-5-11-19(17)20/h3-14,16H,15H2,1-2H3,(H,26,30). The van der Waals surface area contributed by atoms with Crippen LogP contribution in [0.4, 0.5) is 5.69 Å². The second-order valence-electron chi connectivity index (χ2n) is 7.78. The zero-order chi connectivity index (χ0) is 22.1. The summed E-state index contributed by atoms with van der Waals surface area (Å²) in [4.78, 5) is 12.7. The summed E-state index contributed by atoms with van der Waals surface area (Å²) < 4.78 is 8.00. The number of para-hydroxylation sites is 1. The smallest absolute Gasteiger partial charge is 0.234 e. The quantitative estimate of drug-likeness (QED) is 0.319. The molecule has 160 valence electrons. The lowest BCUT2D eigenvalue weighted by atomic mass is 10.1. The predicted molar refractivity (Wildman–Crippen MR) is 129 cm³/mol. The van der Waals surface area contributed by atoms with Crippen molar-refractivity contribution >= 4 is 45.1 Å². The van der Waals surface area contributed by atoms with Crippen LogP contribution in [0.2, 0.25) is 0 Å². The van der Waals surface area contributed by atoms with Crippen molar-refractivity contribution in [2.75, 3.05) is 11.1 Å². The topological polar surface area (TPSA) is 73.0 Å². The molecule has 0 aliphatic rings. The number of benzene rings is 3.